The van der Waals surface area contributed by atoms with Gasteiger partial charge in [0.2, 0.25) is 5.91 Å². The molecule has 0 spiro atoms. The number of aromatic hydroxyl groups is 1. The van der Waals surface area contributed by atoms with E-state index in [0.29, 0.717) is 12.1 Å². The van der Waals surface area contributed by atoms with Crippen LogP contribution in [0.15, 0.2) is 30.4 Å². The smallest absolute Gasteiger partial charge is 0.339 e. The Hall–Kier alpha value is -2.34. The molecule has 5 N–H and O–H groups in total. The number of carbonyl (C=O) groups is 2. The van der Waals surface area contributed by atoms with Crippen LogP contribution in [0.25, 0.3) is 0 Å². The Balaban J connectivity index is 2.08. The molecule has 6 heteroatoms. The fourth-order valence-corrected chi connectivity index (χ4v) is 1.95. The monoisotopic (exact) mass is 262 g/mol. The maximum atomic E-state index is 11.9. The summed E-state index contributed by atoms with van der Waals surface area (Å²) in [5.74, 6) is -2.13. The van der Waals surface area contributed by atoms with Gasteiger partial charge in [0.1, 0.15) is 11.3 Å². The van der Waals surface area contributed by atoms with Crippen molar-refractivity contribution < 1.29 is 19.8 Å². The third-order valence-electron chi connectivity index (χ3n) is 2.95. The summed E-state index contributed by atoms with van der Waals surface area (Å²) >= 11 is 0. The topological polar surface area (TPSA) is 113 Å². The summed E-state index contributed by atoms with van der Waals surface area (Å²) in [6.07, 6.45) is 4.06. The van der Waals surface area contributed by atoms with Crippen molar-refractivity contribution in [2.45, 2.75) is 12.5 Å². The molecule has 6 nitrogen and oxygen atoms in total. The lowest BCUT2D eigenvalue weighted by Crippen LogP contribution is -2.24. The molecule has 0 bridgehead atoms. The van der Waals surface area contributed by atoms with E-state index >= 15 is 0 Å². The molecule has 1 aliphatic rings. The number of carboxylic acids is 1. The first kappa shape index (κ1) is 13.1. The van der Waals surface area contributed by atoms with Crippen LogP contribution in [0, 0.1) is 5.92 Å². The molecule has 0 radical (unpaired) electrons. The minimum absolute atomic E-state index is 0.112. The third kappa shape index (κ3) is 2.92. The molecule has 1 aromatic rings. The van der Waals surface area contributed by atoms with Crippen LogP contribution in [0.4, 0.5) is 5.69 Å². The largest absolute Gasteiger partial charge is 0.507 e. The van der Waals surface area contributed by atoms with Gasteiger partial charge in [0.15, 0.2) is 0 Å². The molecule has 0 saturated carbocycles. The average molecular weight is 262 g/mol. The lowest BCUT2D eigenvalue weighted by Gasteiger charge is -2.11. The van der Waals surface area contributed by atoms with Gasteiger partial charge >= 0.3 is 5.97 Å². The van der Waals surface area contributed by atoms with Gasteiger partial charge in [-0.2, -0.15) is 0 Å². The third-order valence-corrected chi connectivity index (χ3v) is 2.95. The van der Waals surface area contributed by atoms with Crippen molar-refractivity contribution in [1.29, 1.82) is 0 Å². The molecular weight excluding hydrogens is 248 g/mol. The zero-order chi connectivity index (χ0) is 14.0. The number of rotatable bonds is 3. The molecule has 1 amide bonds. The molecule has 0 aromatic heterocycles. The van der Waals surface area contributed by atoms with Crippen LogP contribution < -0.4 is 11.1 Å². The van der Waals surface area contributed by atoms with E-state index in [2.05, 4.69) is 5.32 Å². The van der Waals surface area contributed by atoms with Crippen LogP contribution in [-0.2, 0) is 4.79 Å². The van der Waals surface area contributed by atoms with E-state index in [1.54, 1.807) is 12.2 Å². The predicted octanol–water partition coefficient (Wildman–Crippen LogP) is 0.932. The highest BCUT2D eigenvalue weighted by Gasteiger charge is 2.23. The quantitative estimate of drug-likeness (QED) is 0.605. The van der Waals surface area contributed by atoms with Crippen LogP contribution in [0.5, 0.6) is 5.75 Å². The fourth-order valence-electron chi connectivity index (χ4n) is 1.95. The molecule has 1 aromatic carbocycles. The molecule has 19 heavy (non-hydrogen) atoms. The zero-order valence-electron chi connectivity index (χ0n) is 10.0. The van der Waals surface area contributed by atoms with Crippen LogP contribution in [0.3, 0.4) is 0 Å². The zero-order valence-corrected chi connectivity index (χ0v) is 10.0. The highest BCUT2D eigenvalue weighted by molar-refractivity contribution is 5.96. The highest BCUT2D eigenvalue weighted by atomic mass is 16.4. The number of hydrogen-bond donors (Lipinski definition) is 4. The number of benzene rings is 1. The Kier molecular flexibility index (Phi) is 3.52. The van der Waals surface area contributed by atoms with Crippen molar-refractivity contribution >= 4 is 17.6 Å². The van der Waals surface area contributed by atoms with Gasteiger partial charge in [-0.25, -0.2) is 4.79 Å². The van der Waals surface area contributed by atoms with Crippen molar-refractivity contribution in [2.24, 2.45) is 11.7 Å². The molecule has 0 aliphatic heterocycles. The van der Waals surface area contributed by atoms with Crippen LogP contribution >= 0.6 is 0 Å². The second kappa shape index (κ2) is 5.11. The minimum atomic E-state index is -1.22. The Morgan fingerprint density at radius 3 is 2.58 bits per heavy atom. The van der Waals surface area contributed by atoms with Gasteiger partial charge in [-0.3, -0.25) is 4.79 Å². The Morgan fingerprint density at radius 1 is 1.32 bits per heavy atom. The van der Waals surface area contributed by atoms with Crippen LogP contribution in [0.1, 0.15) is 16.8 Å². The maximum Gasteiger partial charge on any atom is 0.339 e. The molecule has 2 unspecified atom stereocenters. The highest BCUT2D eigenvalue weighted by Crippen LogP contribution is 2.24. The van der Waals surface area contributed by atoms with Crippen LogP contribution in [0.2, 0.25) is 0 Å². The Labute approximate surface area is 109 Å². The summed E-state index contributed by atoms with van der Waals surface area (Å²) in [6, 6.07) is 3.77. The molecule has 2 rings (SSSR count). The van der Waals surface area contributed by atoms with Gasteiger partial charge in [0.25, 0.3) is 0 Å². The molecule has 0 fully saturated rings. The second-order valence-electron chi connectivity index (χ2n) is 4.42. The number of amides is 1. The van der Waals surface area contributed by atoms with Crippen molar-refractivity contribution in [3.05, 3.63) is 35.9 Å². The van der Waals surface area contributed by atoms with Gasteiger partial charge in [-0.05, 0) is 18.6 Å². The van der Waals surface area contributed by atoms with E-state index in [1.807, 2.05) is 0 Å². The number of phenols is 1. The molecule has 0 saturated heterocycles. The van der Waals surface area contributed by atoms with Crippen molar-refractivity contribution in [3.8, 4) is 5.75 Å². The first-order valence-corrected chi connectivity index (χ1v) is 5.78. The number of carbonyl (C=O) groups excluding carboxylic acids is 1. The SMILES string of the molecule is NC1C=CC(C(=O)Nc2ccc(C(=O)O)c(O)c2)C1. The molecule has 0 heterocycles. The van der Waals surface area contributed by atoms with Crippen molar-refractivity contribution in [3.63, 3.8) is 0 Å². The number of carboxylic acid groups (broad SMARTS) is 1. The van der Waals surface area contributed by atoms with Gasteiger partial charge in [0.05, 0.1) is 5.92 Å². The first-order valence-electron chi connectivity index (χ1n) is 5.78. The Bertz CT molecular complexity index is 554. The summed E-state index contributed by atoms with van der Waals surface area (Å²) in [5, 5.41) is 20.9. The summed E-state index contributed by atoms with van der Waals surface area (Å²) in [6.45, 7) is 0. The number of anilines is 1. The number of hydrogen-bond acceptors (Lipinski definition) is 4. The van der Waals surface area contributed by atoms with Gasteiger partial charge in [0, 0.05) is 17.8 Å². The van der Waals surface area contributed by atoms with Crippen molar-refractivity contribution in [1.82, 2.24) is 0 Å². The van der Waals surface area contributed by atoms with E-state index in [1.165, 1.54) is 18.2 Å². The minimum Gasteiger partial charge on any atom is -0.507 e. The van der Waals surface area contributed by atoms with Gasteiger partial charge in [-0.15, -0.1) is 0 Å². The van der Waals surface area contributed by atoms with Gasteiger partial charge < -0.3 is 21.3 Å². The molecular formula is C13H14N2O4. The summed E-state index contributed by atoms with van der Waals surface area (Å²) < 4.78 is 0. The number of nitrogens with two attached hydrogens (primary N) is 1. The normalized spacial score (nSPS) is 21.3. The lowest BCUT2D eigenvalue weighted by atomic mass is 10.1. The van der Waals surface area contributed by atoms with E-state index in [9.17, 15) is 14.7 Å². The lowest BCUT2D eigenvalue weighted by molar-refractivity contribution is -0.118. The van der Waals surface area contributed by atoms with E-state index in [-0.39, 0.29) is 29.2 Å². The first-order chi connectivity index (χ1) is 8.97. The molecule has 1 aliphatic carbocycles. The molecule has 2 atom stereocenters. The summed E-state index contributed by atoms with van der Waals surface area (Å²) in [7, 11) is 0. The standard InChI is InChI=1S/C13H14N2O4/c14-8-2-1-7(5-8)12(17)15-9-3-4-10(13(18)19)11(16)6-9/h1-4,6-8,16H,5,14H2,(H,15,17)(H,18,19). The second-order valence-corrected chi connectivity index (χ2v) is 4.42. The molecule has 100 valence electrons. The predicted molar refractivity (Wildman–Crippen MR) is 68.9 cm³/mol. The Morgan fingerprint density at radius 2 is 2.05 bits per heavy atom. The van der Waals surface area contributed by atoms with Crippen molar-refractivity contribution in [2.75, 3.05) is 5.32 Å². The van der Waals surface area contributed by atoms with E-state index in [4.69, 9.17) is 10.8 Å². The number of aromatic carboxylic acids is 1. The fraction of sp³-hybridized carbons (Fsp3) is 0.231. The van der Waals surface area contributed by atoms with Crippen LogP contribution in [-0.4, -0.2) is 28.1 Å². The number of nitrogens with one attached hydrogen (secondary N) is 1. The maximum absolute atomic E-state index is 11.9. The van der Waals surface area contributed by atoms with E-state index in [0.717, 1.165) is 0 Å². The summed E-state index contributed by atoms with van der Waals surface area (Å²) in [4.78, 5) is 22.6. The van der Waals surface area contributed by atoms with E-state index < -0.39 is 5.97 Å². The van der Waals surface area contributed by atoms with Gasteiger partial charge in [-0.1, -0.05) is 12.2 Å². The average Bonchev–Trinajstić information content (AvgIpc) is 2.75. The summed E-state index contributed by atoms with van der Waals surface area (Å²) in [5.41, 5.74) is 5.80.